The number of hydrogen-bond donors (Lipinski definition) is 1. The Labute approximate surface area is 146 Å². The number of carbonyl (C=O) groups excluding carboxylic acids is 1. The molecule has 0 radical (unpaired) electrons. The molecule has 1 aromatic carbocycles. The van der Waals surface area contributed by atoms with Crippen LogP contribution >= 0.6 is 15.9 Å². The van der Waals surface area contributed by atoms with Gasteiger partial charge in [-0.1, -0.05) is 35.0 Å². The van der Waals surface area contributed by atoms with Gasteiger partial charge < -0.3 is 15.0 Å². The first-order valence-electron chi connectivity index (χ1n) is 7.90. The number of ether oxygens (including phenoxy) is 1. The predicted octanol–water partition coefficient (Wildman–Crippen LogP) is 2.66. The summed E-state index contributed by atoms with van der Waals surface area (Å²) in [6.07, 6.45) is 0. The highest BCUT2D eigenvalue weighted by Gasteiger charge is 2.36. The van der Waals surface area contributed by atoms with Gasteiger partial charge in [-0.3, -0.25) is 4.79 Å². The van der Waals surface area contributed by atoms with Gasteiger partial charge in [-0.2, -0.15) is 0 Å². The van der Waals surface area contributed by atoms with Gasteiger partial charge in [0, 0.05) is 24.1 Å². The van der Waals surface area contributed by atoms with E-state index in [-0.39, 0.29) is 17.8 Å². The number of guanidine groups is 1. The molecule has 23 heavy (non-hydrogen) atoms. The van der Waals surface area contributed by atoms with Crippen LogP contribution in [0.15, 0.2) is 33.7 Å². The fraction of sp³-hybridized carbons (Fsp3) is 0.529. The van der Waals surface area contributed by atoms with Crippen molar-refractivity contribution in [1.29, 1.82) is 0 Å². The van der Waals surface area contributed by atoms with E-state index in [0.717, 1.165) is 29.1 Å². The van der Waals surface area contributed by atoms with E-state index in [4.69, 9.17) is 9.73 Å². The van der Waals surface area contributed by atoms with Gasteiger partial charge in [-0.25, -0.2) is 4.99 Å². The second-order valence-corrected chi connectivity index (χ2v) is 6.72. The Morgan fingerprint density at radius 1 is 1.39 bits per heavy atom. The van der Waals surface area contributed by atoms with Crippen molar-refractivity contribution in [2.75, 3.05) is 26.7 Å². The fourth-order valence-electron chi connectivity index (χ4n) is 2.78. The molecule has 2 rings (SSSR count). The SMILES string of the molecule is CCNC(=NCc1ccc(Br)cc1)N1CC(C)C(C(=O)OC)C1. The lowest BCUT2D eigenvalue weighted by Crippen LogP contribution is -2.40. The van der Waals surface area contributed by atoms with E-state index in [1.807, 2.05) is 19.1 Å². The standard InChI is InChI=1S/C17H24BrN3O2/c1-4-19-17(20-9-13-5-7-14(18)8-6-13)21-10-12(2)15(11-21)16(22)23-3/h5-8,12,15H,4,9-11H2,1-3H3,(H,19,20). The third-order valence-corrected chi connectivity index (χ3v) is 4.60. The van der Waals surface area contributed by atoms with Crippen molar-refractivity contribution in [3.63, 3.8) is 0 Å². The molecule has 1 aromatic rings. The van der Waals surface area contributed by atoms with Gasteiger partial charge in [0.15, 0.2) is 5.96 Å². The summed E-state index contributed by atoms with van der Waals surface area (Å²) in [6, 6.07) is 8.15. The van der Waals surface area contributed by atoms with Crippen molar-refractivity contribution < 1.29 is 9.53 Å². The Morgan fingerprint density at radius 3 is 2.70 bits per heavy atom. The second kappa shape index (κ2) is 8.34. The zero-order chi connectivity index (χ0) is 16.8. The molecule has 0 aromatic heterocycles. The summed E-state index contributed by atoms with van der Waals surface area (Å²) >= 11 is 3.44. The van der Waals surface area contributed by atoms with Crippen LogP contribution in [0, 0.1) is 11.8 Å². The smallest absolute Gasteiger partial charge is 0.310 e. The van der Waals surface area contributed by atoms with Crippen LogP contribution in [0.3, 0.4) is 0 Å². The van der Waals surface area contributed by atoms with E-state index in [0.29, 0.717) is 13.1 Å². The molecule has 2 unspecified atom stereocenters. The molecule has 0 aliphatic carbocycles. The van der Waals surface area contributed by atoms with Crippen LogP contribution in [0.4, 0.5) is 0 Å². The maximum atomic E-state index is 11.8. The van der Waals surface area contributed by atoms with E-state index in [1.54, 1.807) is 0 Å². The maximum Gasteiger partial charge on any atom is 0.310 e. The van der Waals surface area contributed by atoms with Crippen LogP contribution in [0.25, 0.3) is 0 Å². The van der Waals surface area contributed by atoms with E-state index < -0.39 is 0 Å². The van der Waals surface area contributed by atoms with Crippen LogP contribution < -0.4 is 5.32 Å². The minimum Gasteiger partial charge on any atom is -0.469 e. The minimum absolute atomic E-state index is 0.0865. The molecule has 1 aliphatic rings. The molecular formula is C17H24BrN3O2. The third kappa shape index (κ3) is 4.70. The number of benzene rings is 1. The average Bonchev–Trinajstić information content (AvgIpc) is 2.94. The number of rotatable bonds is 4. The summed E-state index contributed by atoms with van der Waals surface area (Å²) in [5.41, 5.74) is 1.15. The number of likely N-dealkylation sites (tertiary alicyclic amines) is 1. The number of carbonyl (C=O) groups is 1. The van der Waals surface area contributed by atoms with Gasteiger partial charge in [0.2, 0.25) is 0 Å². The van der Waals surface area contributed by atoms with Crippen LogP contribution in [-0.4, -0.2) is 43.6 Å². The predicted molar refractivity (Wildman–Crippen MR) is 95.2 cm³/mol. The number of halogens is 1. The summed E-state index contributed by atoms with van der Waals surface area (Å²) in [5.74, 6) is 0.896. The summed E-state index contributed by atoms with van der Waals surface area (Å²) in [7, 11) is 1.45. The Bertz CT molecular complexity index is 559. The van der Waals surface area contributed by atoms with E-state index in [9.17, 15) is 4.79 Å². The molecule has 0 amide bonds. The molecule has 126 valence electrons. The molecule has 0 saturated carbocycles. The van der Waals surface area contributed by atoms with E-state index >= 15 is 0 Å². The number of nitrogens with zero attached hydrogens (tertiary/aromatic N) is 2. The first kappa shape index (κ1) is 17.8. The molecular weight excluding hydrogens is 358 g/mol. The van der Waals surface area contributed by atoms with Crippen molar-refractivity contribution in [1.82, 2.24) is 10.2 Å². The zero-order valence-electron chi connectivity index (χ0n) is 13.9. The van der Waals surface area contributed by atoms with Crippen molar-refractivity contribution >= 4 is 27.9 Å². The van der Waals surface area contributed by atoms with Gasteiger partial charge in [0.1, 0.15) is 0 Å². The van der Waals surface area contributed by atoms with Crippen LogP contribution in [-0.2, 0) is 16.1 Å². The lowest BCUT2D eigenvalue weighted by Gasteiger charge is -2.21. The molecule has 1 N–H and O–H groups in total. The lowest BCUT2D eigenvalue weighted by molar-refractivity contribution is -0.145. The number of aliphatic imine (C=N–C) groups is 1. The quantitative estimate of drug-likeness (QED) is 0.494. The molecule has 0 bridgehead atoms. The van der Waals surface area contributed by atoms with Crippen LogP contribution in [0.2, 0.25) is 0 Å². The number of nitrogens with one attached hydrogen (secondary N) is 1. The largest absolute Gasteiger partial charge is 0.469 e. The van der Waals surface area contributed by atoms with Gasteiger partial charge in [0.25, 0.3) is 0 Å². The van der Waals surface area contributed by atoms with Gasteiger partial charge >= 0.3 is 5.97 Å². The topological polar surface area (TPSA) is 53.9 Å². The fourth-order valence-corrected chi connectivity index (χ4v) is 3.04. The van der Waals surface area contributed by atoms with Gasteiger partial charge in [-0.05, 0) is 30.5 Å². The monoisotopic (exact) mass is 381 g/mol. The van der Waals surface area contributed by atoms with E-state index in [1.165, 1.54) is 7.11 Å². The normalized spacial score (nSPS) is 21.4. The van der Waals surface area contributed by atoms with Crippen LogP contribution in [0.5, 0.6) is 0 Å². The number of hydrogen-bond acceptors (Lipinski definition) is 3. The molecule has 1 heterocycles. The summed E-state index contributed by atoms with van der Waals surface area (Å²) in [6.45, 7) is 7.01. The molecule has 1 saturated heterocycles. The highest BCUT2D eigenvalue weighted by molar-refractivity contribution is 9.10. The van der Waals surface area contributed by atoms with E-state index in [2.05, 4.69) is 45.2 Å². The zero-order valence-corrected chi connectivity index (χ0v) is 15.5. The summed E-state index contributed by atoms with van der Waals surface area (Å²) < 4.78 is 5.96. The average molecular weight is 382 g/mol. The summed E-state index contributed by atoms with van der Waals surface area (Å²) in [5, 5.41) is 3.32. The molecule has 0 spiro atoms. The van der Waals surface area contributed by atoms with Crippen molar-refractivity contribution in [2.24, 2.45) is 16.8 Å². The van der Waals surface area contributed by atoms with Gasteiger partial charge in [-0.15, -0.1) is 0 Å². The highest BCUT2D eigenvalue weighted by Crippen LogP contribution is 2.24. The molecule has 2 atom stereocenters. The molecule has 1 aliphatic heterocycles. The number of esters is 1. The Balaban J connectivity index is 2.07. The lowest BCUT2D eigenvalue weighted by atomic mass is 9.99. The molecule has 1 fully saturated rings. The second-order valence-electron chi connectivity index (χ2n) is 5.81. The Kier molecular flexibility index (Phi) is 6.45. The maximum absolute atomic E-state index is 11.8. The molecule has 6 heteroatoms. The first-order chi connectivity index (χ1) is 11.0. The third-order valence-electron chi connectivity index (χ3n) is 4.08. The summed E-state index contributed by atoms with van der Waals surface area (Å²) in [4.78, 5) is 18.7. The first-order valence-corrected chi connectivity index (χ1v) is 8.70. The Hall–Kier alpha value is -1.56. The number of methoxy groups -OCH3 is 1. The minimum atomic E-state index is -0.135. The van der Waals surface area contributed by atoms with Crippen molar-refractivity contribution in [3.05, 3.63) is 34.3 Å². The van der Waals surface area contributed by atoms with Gasteiger partial charge in [0.05, 0.1) is 19.6 Å². The van der Waals surface area contributed by atoms with Crippen LogP contribution in [0.1, 0.15) is 19.4 Å². The van der Waals surface area contributed by atoms with Crippen molar-refractivity contribution in [2.45, 2.75) is 20.4 Å². The highest BCUT2D eigenvalue weighted by atomic mass is 79.9. The molecule has 5 nitrogen and oxygen atoms in total. The van der Waals surface area contributed by atoms with Crippen molar-refractivity contribution in [3.8, 4) is 0 Å². The Morgan fingerprint density at radius 2 is 2.09 bits per heavy atom.